The van der Waals surface area contributed by atoms with E-state index in [9.17, 15) is 9.18 Å². The topological polar surface area (TPSA) is 55.1 Å². The molecule has 3 N–H and O–H groups in total. The third-order valence-electron chi connectivity index (χ3n) is 2.73. The number of carbonyl (C=O) groups is 1. The molecule has 2 rings (SSSR count). The lowest BCUT2D eigenvalue weighted by atomic mass is 10.0. The van der Waals surface area contributed by atoms with Gasteiger partial charge >= 0.3 is 0 Å². The van der Waals surface area contributed by atoms with Crippen molar-refractivity contribution in [2.24, 2.45) is 5.73 Å². The number of hydrogen-bond acceptors (Lipinski definition) is 2. The minimum Gasteiger partial charge on any atom is -0.368 e. The number of primary amides is 1. The van der Waals surface area contributed by atoms with Crippen molar-refractivity contribution < 1.29 is 9.18 Å². The summed E-state index contributed by atoms with van der Waals surface area (Å²) in [6, 6.07) is 4.30. The lowest BCUT2D eigenvalue weighted by Gasteiger charge is -2.16. The number of hydrogen-bond donors (Lipinski definition) is 2. The first-order chi connectivity index (χ1) is 7.58. The number of rotatable bonds is 4. The Balaban J connectivity index is 2.29. The van der Waals surface area contributed by atoms with Crippen molar-refractivity contribution in [2.75, 3.05) is 0 Å². The Labute approximate surface area is 93.8 Å². The highest BCUT2D eigenvalue weighted by molar-refractivity contribution is 5.81. The molecule has 0 bridgehead atoms. The number of nitrogens with one attached hydrogen (secondary N) is 1. The predicted molar refractivity (Wildman–Crippen MR) is 59.2 cm³/mol. The number of aryl methyl sites for hydroxylation is 1. The summed E-state index contributed by atoms with van der Waals surface area (Å²) >= 11 is 0. The smallest absolute Gasteiger partial charge is 0.239 e. The average molecular weight is 222 g/mol. The molecule has 0 radical (unpaired) electrons. The summed E-state index contributed by atoms with van der Waals surface area (Å²) < 4.78 is 13.6. The van der Waals surface area contributed by atoms with Crippen LogP contribution in [0.5, 0.6) is 0 Å². The Kier molecular flexibility index (Phi) is 2.92. The Hall–Kier alpha value is -1.42. The molecule has 16 heavy (non-hydrogen) atoms. The molecule has 1 aliphatic carbocycles. The Morgan fingerprint density at radius 3 is 2.81 bits per heavy atom. The van der Waals surface area contributed by atoms with E-state index < -0.39 is 11.9 Å². The molecule has 1 unspecified atom stereocenters. The average Bonchev–Trinajstić information content (AvgIpc) is 3.02. The van der Waals surface area contributed by atoms with Crippen molar-refractivity contribution in [2.45, 2.75) is 31.8 Å². The normalized spacial score (nSPS) is 17.1. The summed E-state index contributed by atoms with van der Waals surface area (Å²) in [6.07, 6.45) is 2.05. The molecule has 0 saturated heterocycles. The fourth-order valence-electron chi connectivity index (χ4n) is 1.70. The van der Waals surface area contributed by atoms with Crippen LogP contribution >= 0.6 is 0 Å². The molecule has 3 nitrogen and oxygen atoms in total. The van der Waals surface area contributed by atoms with Gasteiger partial charge in [-0.15, -0.1) is 0 Å². The highest BCUT2D eigenvalue weighted by atomic mass is 19.1. The van der Waals surface area contributed by atoms with Crippen LogP contribution in [0.2, 0.25) is 0 Å². The van der Waals surface area contributed by atoms with Crippen LogP contribution in [0.3, 0.4) is 0 Å². The second-order valence-corrected chi connectivity index (χ2v) is 4.30. The quantitative estimate of drug-likeness (QED) is 0.809. The summed E-state index contributed by atoms with van der Waals surface area (Å²) in [6.45, 7) is 1.86. The molecule has 0 heterocycles. The molecular weight excluding hydrogens is 207 g/mol. The fraction of sp³-hybridized carbons (Fsp3) is 0.417. The van der Waals surface area contributed by atoms with Crippen LogP contribution in [-0.2, 0) is 4.79 Å². The summed E-state index contributed by atoms with van der Waals surface area (Å²) in [5.74, 6) is -0.918. The van der Waals surface area contributed by atoms with E-state index in [4.69, 9.17) is 5.73 Å². The Morgan fingerprint density at radius 2 is 2.25 bits per heavy atom. The first-order valence-electron chi connectivity index (χ1n) is 5.39. The first-order valence-corrected chi connectivity index (χ1v) is 5.39. The zero-order valence-electron chi connectivity index (χ0n) is 9.16. The van der Waals surface area contributed by atoms with Crippen molar-refractivity contribution in [1.82, 2.24) is 5.32 Å². The van der Waals surface area contributed by atoms with Gasteiger partial charge in [0.1, 0.15) is 11.9 Å². The molecule has 1 saturated carbocycles. The van der Waals surface area contributed by atoms with Gasteiger partial charge in [0.05, 0.1) is 0 Å². The standard InChI is InChI=1S/C12H15FN2O/c1-7-2-5-10(13)9(6-7)11(12(14)16)15-8-3-4-8/h2,5-6,8,11,15H,3-4H2,1H3,(H2,14,16). The molecule has 4 heteroatoms. The van der Waals surface area contributed by atoms with Gasteiger partial charge in [0, 0.05) is 11.6 Å². The van der Waals surface area contributed by atoms with E-state index in [1.165, 1.54) is 6.07 Å². The van der Waals surface area contributed by atoms with Crippen molar-refractivity contribution in [1.29, 1.82) is 0 Å². The number of carbonyl (C=O) groups excluding carboxylic acids is 1. The fourth-order valence-corrected chi connectivity index (χ4v) is 1.70. The Morgan fingerprint density at radius 1 is 1.56 bits per heavy atom. The summed E-state index contributed by atoms with van der Waals surface area (Å²) in [7, 11) is 0. The molecule has 1 amide bonds. The Bertz CT molecular complexity index is 415. The maximum Gasteiger partial charge on any atom is 0.239 e. The van der Waals surface area contributed by atoms with E-state index >= 15 is 0 Å². The summed E-state index contributed by atoms with van der Waals surface area (Å²) in [4.78, 5) is 11.3. The summed E-state index contributed by atoms with van der Waals surface area (Å²) in [5, 5.41) is 3.06. The van der Waals surface area contributed by atoms with Gasteiger partial charge in [0.2, 0.25) is 5.91 Å². The van der Waals surface area contributed by atoms with E-state index in [0.29, 0.717) is 11.6 Å². The van der Waals surface area contributed by atoms with Crippen molar-refractivity contribution >= 4 is 5.91 Å². The first kappa shape index (κ1) is 11.1. The zero-order valence-corrected chi connectivity index (χ0v) is 9.16. The van der Waals surface area contributed by atoms with Gasteiger partial charge in [0.15, 0.2) is 0 Å². The maximum absolute atomic E-state index is 13.6. The molecule has 1 aromatic carbocycles. The monoisotopic (exact) mass is 222 g/mol. The van der Waals surface area contributed by atoms with Crippen LogP contribution in [0.1, 0.15) is 30.0 Å². The minimum absolute atomic E-state index is 0.303. The SMILES string of the molecule is Cc1ccc(F)c(C(NC2CC2)C(N)=O)c1. The van der Waals surface area contributed by atoms with Crippen molar-refractivity contribution in [3.05, 3.63) is 35.1 Å². The van der Waals surface area contributed by atoms with Gasteiger partial charge < -0.3 is 5.73 Å². The van der Waals surface area contributed by atoms with E-state index in [1.807, 2.05) is 6.92 Å². The molecule has 86 valence electrons. The van der Waals surface area contributed by atoms with E-state index in [1.54, 1.807) is 12.1 Å². The largest absolute Gasteiger partial charge is 0.368 e. The lowest BCUT2D eigenvalue weighted by molar-refractivity contribution is -0.120. The van der Waals surface area contributed by atoms with Gasteiger partial charge in [-0.1, -0.05) is 17.7 Å². The van der Waals surface area contributed by atoms with Gasteiger partial charge in [-0.2, -0.15) is 0 Å². The van der Waals surface area contributed by atoms with Gasteiger partial charge in [-0.05, 0) is 25.8 Å². The highest BCUT2D eigenvalue weighted by Crippen LogP contribution is 2.25. The van der Waals surface area contributed by atoms with Crippen LogP contribution in [0.25, 0.3) is 0 Å². The van der Waals surface area contributed by atoms with Gasteiger partial charge in [-0.25, -0.2) is 4.39 Å². The van der Waals surface area contributed by atoms with E-state index in [2.05, 4.69) is 5.32 Å². The number of benzene rings is 1. The molecule has 0 aromatic heterocycles. The molecule has 1 aromatic rings. The minimum atomic E-state index is -0.715. The lowest BCUT2D eigenvalue weighted by Crippen LogP contribution is -2.35. The van der Waals surface area contributed by atoms with Crippen molar-refractivity contribution in [3.63, 3.8) is 0 Å². The van der Waals surface area contributed by atoms with Crippen LogP contribution in [0.4, 0.5) is 4.39 Å². The number of nitrogens with two attached hydrogens (primary N) is 1. The van der Waals surface area contributed by atoms with Crippen molar-refractivity contribution in [3.8, 4) is 0 Å². The van der Waals surface area contributed by atoms with Crippen LogP contribution in [0.15, 0.2) is 18.2 Å². The highest BCUT2D eigenvalue weighted by Gasteiger charge is 2.29. The van der Waals surface area contributed by atoms with Gasteiger partial charge in [0.25, 0.3) is 0 Å². The molecule has 1 atom stereocenters. The predicted octanol–water partition coefficient (Wildman–Crippen LogP) is 1.41. The molecule has 1 aliphatic rings. The third-order valence-corrected chi connectivity index (χ3v) is 2.73. The molecule has 0 spiro atoms. The zero-order chi connectivity index (χ0) is 11.7. The third kappa shape index (κ3) is 2.39. The van der Waals surface area contributed by atoms with E-state index in [-0.39, 0.29) is 5.82 Å². The number of halogens is 1. The van der Waals surface area contributed by atoms with Gasteiger partial charge in [-0.3, -0.25) is 10.1 Å². The second-order valence-electron chi connectivity index (χ2n) is 4.30. The second kappa shape index (κ2) is 4.22. The van der Waals surface area contributed by atoms with Crippen LogP contribution in [-0.4, -0.2) is 11.9 Å². The number of amides is 1. The van der Waals surface area contributed by atoms with E-state index in [0.717, 1.165) is 18.4 Å². The molecule has 0 aliphatic heterocycles. The van der Waals surface area contributed by atoms with Crippen LogP contribution < -0.4 is 11.1 Å². The summed E-state index contributed by atoms with van der Waals surface area (Å²) in [5.41, 5.74) is 6.56. The molecular formula is C12H15FN2O. The maximum atomic E-state index is 13.6. The van der Waals surface area contributed by atoms with Crippen LogP contribution in [0, 0.1) is 12.7 Å². The molecule has 1 fully saturated rings.